The molecule has 10 heteroatoms. The molecule has 146 valence electrons. The van der Waals surface area contributed by atoms with Gasteiger partial charge in [-0.05, 0) is 6.42 Å². The second-order valence-corrected chi connectivity index (χ2v) is 6.26. The summed E-state index contributed by atoms with van der Waals surface area (Å²) in [6.45, 7) is 0.554. The molecule has 4 unspecified atom stereocenters. The summed E-state index contributed by atoms with van der Waals surface area (Å²) in [5, 5.41) is 9.10. The van der Waals surface area contributed by atoms with E-state index < -0.39 is 47.8 Å². The number of hydrogen-bond donors (Lipinski definition) is 0. The normalized spacial score (nSPS) is 25.7. The molecule has 1 aliphatic heterocycles. The summed E-state index contributed by atoms with van der Waals surface area (Å²) in [6.07, 6.45) is -1.43. The second kappa shape index (κ2) is 9.12. The van der Waals surface area contributed by atoms with Crippen molar-refractivity contribution in [2.75, 3.05) is 13.2 Å². The fourth-order valence-corrected chi connectivity index (χ4v) is 3.02. The Kier molecular flexibility index (Phi) is 6.87. The van der Waals surface area contributed by atoms with Gasteiger partial charge in [0.1, 0.15) is 19.3 Å². The van der Waals surface area contributed by atoms with Crippen molar-refractivity contribution in [3.05, 3.63) is 0 Å². The molecule has 10 nitrogen and oxygen atoms in total. The Balaban J connectivity index is 1.68. The Hall–Kier alpha value is -2.96. The number of fused-ring (bicyclic) bond motifs is 2. The summed E-state index contributed by atoms with van der Waals surface area (Å²) in [4.78, 5) is 56.5. The third kappa shape index (κ3) is 5.51. The lowest BCUT2D eigenvalue weighted by Gasteiger charge is -2.29. The van der Waals surface area contributed by atoms with E-state index >= 15 is 0 Å². The van der Waals surface area contributed by atoms with E-state index in [4.69, 9.17) is 19.5 Å². The fourth-order valence-electron chi connectivity index (χ4n) is 3.02. The molecule has 1 saturated heterocycles. The highest BCUT2D eigenvalue weighted by Crippen LogP contribution is 2.41. The topological polar surface area (TPSA) is 146 Å². The minimum atomic E-state index is -1.02. The van der Waals surface area contributed by atoms with Crippen LogP contribution in [0.15, 0.2) is 0 Å². The lowest BCUT2D eigenvalue weighted by Crippen LogP contribution is -2.41. The van der Waals surface area contributed by atoms with E-state index in [1.165, 1.54) is 0 Å². The van der Waals surface area contributed by atoms with Gasteiger partial charge in [0.05, 0.1) is 31.2 Å². The number of nitriles is 1. The van der Waals surface area contributed by atoms with Crippen LogP contribution in [0.2, 0.25) is 0 Å². The zero-order valence-corrected chi connectivity index (χ0v) is 14.7. The second-order valence-electron chi connectivity index (χ2n) is 6.26. The number of rotatable bonds is 8. The first-order chi connectivity index (χ1) is 12.8. The molecule has 2 aliphatic rings. The number of carbonyl (C=O) groups is 5. The number of Topliss-reactive ketones (excluding diaryl/α,β-unsaturated/α-hetero) is 1. The molecule has 0 aromatic heterocycles. The average Bonchev–Trinajstić information content (AvgIpc) is 2.82. The first-order valence-corrected chi connectivity index (χ1v) is 8.43. The maximum Gasteiger partial charge on any atom is 0.374 e. The molecule has 2 bridgehead atoms. The number of ether oxygens (including phenoxy) is 4. The van der Waals surface area contributed by atoms with Gasteiger partial charge in [-0.1, -0.05) is 0 Å². The summed E-state index contributed by atoms with van der Waals surface area (Å²) < 4.78 is 19.7. The van der Waals surface area contributed by atoms with Gasteiger partial charge in [0, 0.05) is 12.8 Å². The fraction of sp³-hybridized carbons (Fsp3) is 0.647. The van der Waals surface area contributed by atoms with Crippen molar-refractivity contribution < 1.29 is 42.9 Å². The van der Waals surface area contributed by atoms with E-state index in [1.807, 2.05) is 0 Å². The predicted molar refractivity (Wildman–Crippen MR) is 83.4 cm³/mol. The summed E-state index contributed by atoms with van der Waals surface area (Å²) in [5.41, 5.74) is 0. The molecule has 1 heterocycles. The molecule has 1 aliphatic carbocycles. The Morgan fingerprint density at radius 1 is 1.15 bits per heavy atom. The van der Waals surface area contributed by atoms with Gasteiger partial charge in [-0.15, -0.1) is 0 Å². The first kappa shape index (κ1) is 20.4. The van der Waals surface area contributed by atoms with Crippen molar-refractivity contribution >= 4 is 29.7 Å². The summed E-state index contributed by atoms with van der Waals surface area (Å²) >= 11 is 0. The highest BCUT2D eigenvalue weighted by Gasteiger charge is 2.52. The van der Waals surface area contributed by atoms with Crippen molar-refractivity contribution in [1.29, 1.82) is 5.26 Å². The van der Waals surface area contributed by atoms with Gasteiger partial charge in [-0.2, -0.15) is 5.26 Å². The molecular formula is C17H19NO9. The molecule has 0 N–H and O–H groups in total. The number of carbonyl (C=O) groups excluding carboxylic acids is 5. The maximum absolute atomic E-state index is 11.9. The van der Waals surface area contributed by atoms with Crippen molar-refractivity contribution in [3.8, 4) is 6.07 Å². The molecule has 2 rings (SSSR count). The predicted octanol–water partition coefficient (Wildman–Crippen LogP) is -0.171. The van der Waals surface area contributed by atoms with E-state index in [1.54, 1.807) is 0 Å². The van der Waals surface area contributed by atoms with Crippen molar-refractivity contribution in [2.45, 2.75) is 44.8 Å². The van der Waals surface area contributed by atoms with E-state index in [9.17, 15) is 24.0 Å². The SMILES string of the molecule is CC(=O)C(=O)OCCOC(=O)CCC(=O)OC1C2CC(=O)OC1C(C#N)C2. The molecule has 27 heavy (non-hydrogen) atoms. The van der Waals surface area contributed by atoms with Crippen molar-refractivity contribution in [1.82, 2.24) is 0 Å². The van der Waals surface area contributed by atoms with Crippen molar-refractivity contribution in [2.24, 2.45) is 11.8 Å². The van der Waals surface area contributed by atoms with Crippen LogP contribution in [0.4, 0.5) is 0 Å². The number of ketones is 1. The maximum atomic E-state index is 11.9. The van der Waals surface area contributed by atoms with E-state index in [0.717, 1.165) is 6.92 Å². The summed E-state index contributed by atoms with van der Waals surface area (Å²) in [6, 6.07) is 2.05. The van der Waals surface area contributed by atoms with Crippen LogP contribution in [-0.4, -0.2) is 55.1 Å². The van der Waals surface area contributed by atoms with E-state index in [-0.39, 0.29) is 38.4 Å². The molecular weight excluding hydrogens is 362 g/mol. The van der Waals surface area contributed by atoms with E-state index in [0.29, 0.717) is 6.42 Å². The van der Waals surface area contributed by atoms with Crippen LogP contribution < -0.4 is 0 Å². The van der Waals surface area contributed by atoms with Gasteiger partial charge in [-0.3, -0.25) is 19.2 Å². The minimum absolute atomic E-state index is 0.0909. The highest BCUT2D eigenvalue weighted by molar-refractivity contribution is 6.32. The number of nitrogens with zero attached hydrogens (tertiary/aromatic N) is 1. The molecule has 4 atom stereocenters. The Bertz CT molecular complexity index is 680. The van der Waals surface area contributed by atoms with Gasteiger partial charge >= 0.3 is 23.9 Å². The smallest absolute Gasteiger partial charge is 0.374 e. The minimum Gasteiger partial charge on any atom is -0.462 e. The molecule has 0 amide bonds. The average molecular weight is 381 g/mol. The first-order valence-electron chi connectivity index (χ1n) is 8.43. The monoisotopic (exact) mass is 381 g/mol. The molecule has 0 aromatic rings. The van der Waals surface area contributed by atoms with Gasteiger partial charge in [-0.25, -0.2) is 4.79 Å². The zero-order valence-electron chi connectivity index (χ0n) is 14.7. The Morgan fingerprint density at radius 2 is 1.81 bits per heavy atom. The van der Waals surface area contributed by atoms with Crippen LogP contribution in [0.5, 0.6) is 0 Å². The van der Waals surface area contributed by atoms with Crippen LogP contribution in [0.25, 0.3) is 0 Å². The van der Waals surface area contributed by atoms with Crippen LogP contribution >= 0.6 is 0 Å². The van der Waals surface area contributed by atoms with Crippen LogP contribution in [0, 0.1) is 23.2 Å². The Labute approximate surface area is 154 Å². The third-order valence-electron chi connectivity index (χ3n) is 4.27. The van der Waals surface area contributed by atoms with Crippen LogP contribution in [0.3, 0.4) is 0 Å². The van der Waals surface area contributed by atoms with Gasteiger partial charge in [0.15, 0.2) is 6.10 Å². The van der Waals surface area contributed by atoms with Crippen molar-refractivity contribution in [3.63, 3.8) is 0 Å². The Morgan fingerprint density at radius 3 is 2.48 bits per heavy atom. The number of esters is 4. The highest BCUT2D eigenvalue weighted by atomic mass is 16.6. The lowest BCUT2D eigenvalue weighted by atomic mass is 9.99. The third-order valence-corrected chi connectivity index (χ3v) is 4.27. The van der Waals surface area contributed by atoms with Gasteiger partial charge in [0.25, 0.3) is 0 Å². The zero-order chi connectivity index (χ0) is 20.0. The number of hydrogen-bond acceptors (Lipinski definition) is 10. The standard InChI is InChI=1S/C17H19NO9/c1-9(19)17(23)25-5-4-24-12(20)2-3-13(21)26-15-10-6-11(8-18)16(15)27-14(22)7-10/h10-11,15-16H,2-7H2,1H3. The summed E-state index contributed by atoms with van der Waals surface area (Å²) in [5.74, 6) is -4.32. The van der Waals surface area contributed by atoms with Crippen LogP contribution in [-0.2, 0) is 42.9 Å². The van der Waals surface area contributed by atoms with Crippen LogP contribution in [0.1, 0.15) is 32.6 Å². The molecule has 0 radical (unpaired) electrons. The van der Waals surface area contributed by atoms with E-state index in [2.05, 4.69) is 10.8 Å². The molecule has 0 aromatic carbocycles. The largest absolute Gasteiger partial charge is 0.462 e. The van der Waals surface area contributed by atoms with Gasteiger partial charge < -0.3 is 18.9 Å². The lowest BCUT2D eigenvalue weighted by molar-refractivity contribution is -0.179. The quantitative estimate of drug-likeness (QED) is 0.240. The molecule has 2 fully saturated rings. The summed E-state index contributed by atoms with van der Waals surface area (Å²) in [7, 11) is 0. The van der Waals surface area contributed by atoms with Gasteiger partial charge in [0.2, 0.25) is 5.78 Å². The molecule has 0 spiro atoms. The molecule has 1 saturated carbocycles.